The third-order valence-corrected chi connectivity index (χ3v) is 3.98. The van der Waals surface area contributed by atoms with E-state index in [1.807, 2.05) is 0 Å². The smallest absolute Gasteiger partial charge is 0.319 e. The summed E-state index contributed by atoms with van der Waals surface area (Å²) < 4.78 is 50.1. The van der Waals surface area contributed by atoms with Crippen molar-refractivity contribution in [2.75, 3.05) is 19.6 Å². The Hall–Kier alpha value is -0.360. The summed E-state index contributed by atoms with van der Waals surface area (Å²) >= 11 is 0. The van der Waals surface area contributed by atoms with Crippen molar-refractivity contribution in [3.05, 3.63) is 0 Å². The summed E-state index contributed by atoms with van der Waals surface area (Å²) in [6.45, 7) is 0.0825. The molecule has 1 aliphatic heterocycles. The molecule has 1 aliphatic carbocycles. The van der Waals surface area contributed by atoms with Crippen molar-refractivity contribution >= 4 is 0 Å². The highest BCUT2D eigenvalue weighted by Gasteiger charge is 2.46. The molecular formula is C11H18F4N2. The summed E-state index contributed by atoms with van der Waals surface area (Å²) in [6, 6.07) is 0.0407. The highest BCUT2D eigenvalue weighted by Crippen LogP contribution is 2.37. The molecule has 0 aromatic heterocycles. The van der Waals surface area contributed by atoms with Gasteiger partial charge in [-0.15, -0.1) is 0 Å². The molecule has 0 aromatic rings. The lowest BCUT2D eigenvalue weighted by Gasteiger charge is -2.30. The maximum Gasteiger partial charge on any atom is 0.319 e. The van der Waals surface area contributed by atoms with Crippen LogP contribution in [0.2, 0.25) is 0 Å². The van der Waals surface area contributed by atoms with Gasteiger partial charge in [0.2, 0.25) is 0 Å². The number of nitrogens with two attached hydrogens (primary N) is 1. The maximum atomic E-state index is 13.0. The Morgan fingerprint density at radius 1 is 1.24 bits per heavy atom. The van der Waals surface area contributed by atoms with E-state index in [4.69, 9.17) is 5.73 Å². The van der Waals surface area contributed by atoms with Crippen LogP contribution in [0.25, 0.3) is 0 Å². The number of hydrogen-bond donors (Lipinski definition) is 1. The van der Waals surface area contributed by atoms with Gasteiger partial charge in [-0.2, -0.15) is 8.78 Å². The van der Waals surface area contributed by atoms with E-state index < -0.39 is 18.9 Å². The number of nitrogens with zero attached hydrogens (tertiary/aromatic N) is 1. The van der Waals surface area contributed by atoms with E-state index in [1.54, 1.807) is 0 Å². The van der Waals surface area contributed by atoms with Crippen LogP contribution in [-0.2, 0) is 0 Å². The molecule has 0 bridgehead atoms. The quantitative estimate of drug-likeness (QED) is 0.780. The first-order valence-electron chi connectivity index (χ1n) is 6.04. The number of fused-ring (bicyclic) bond motifs is 1. The maximum absolute atomic E-state index is 13.0. The normalized spacial score (nSPS) is 35.3. The molecule has 2 fully saturated rings. The molecule has 2 aliphatic rings. The first-order valence-corrected chi connectivity index (χ1v) is 6.04. The van der Waals surface area contributed by atoms with Crippen LogP contribution in [0.15, 0.2) is 0 Å². The second kappa shape index (κ2) is 4.72. The summed E-state index contributed by atoms with van der Waals surface area (Å²) in [5.74, 6) is -3.39. The highest BCUT2D eigenvalue weighted by molar-refractivity contribution is 4.94. The zero-order valence-electron chi connectivity index (χ0n) is 9.59. The average molecular weight is 254 g/mol. The molecule has 2 rings (SSSR count). The van der Waals surface area contributed by atoms with Crippen LogP contribution in [0.3, 0.4) is 0 Å². The van der Waals surface area contributed by atoms with Gasteiger partial charge in [-0.25, -0.2) is 8.78 Å². The predicted molar refractivity (Wildman–Crippen MR) is 56.2 cm³/mol. The summed E-state index contributed by atoms with van der Waals surface area (Å²) in [4.78, 5) is 1.45. The molecular weight excluding hydrogens is 236 g/mol. The number of rotatable bonds is 3. The summed E-state index contributed by atoms with van der Waals surface area (Å²) in [6.07, 6.45) is -0.671. The second-order valence-corrected chi connectivity index (χ2v) is 5.27. The minimum atomic E-state index is -3.91. The van der Waals surface area contributed by atoms with Crippen molar-refractivity contribution in [1.29, 1.82) is 0 Å². The third-order valence-electron chi connectivity index (χ3n) is 3.98. The van der Waals surface area contributed by atoms with Crippen LogP contribution in [0.4, 0.5) is 17.6 Å². The van der Waals surface area contributed by atoms with E-state index in [9.17, 15) is 17.6 Å². The monoisotopic (exact) mass is 254 g/mol. The van der Waals surface area contributed by atoms with Crippen molar-refractivity contribution in [2.24, 2.45) is 17.6 Å². The topological polar surface area (TPSA) is 29.3 Å². The van der Waals surface area contributed by atoms with Crippen LogP contribution in [0, 0.1) is 11.8 Å². The standard InChI is InChI=1S/C11H18F4N2/c12-10(13)11(14,15)6-17-4-7-2-1-3-9(16)8(7)5-17/h7-10H,1-6,16H2. The van der Waals surface area contributed by atoms with Gasteiger partial charge in [-0.1, -0.05) is 6.42 Å². The molecule has 1 saturated heterocycles. The number of halogens is 4. The van der Waals surface area contributed by atoms with Crippen LogP contribution < -0.4 is 5.73 Å². The molecule has 17 heavy (non-hydrogen) atoms. The van der Waals surface area contributed by atoms with E-state index in [2.05, 4.69) is 0 Å². The molecule has 0 radical (unpaired) electrons. The zero-order chi connectivity index (χ0) is 12.6. The molecule has 1 saturated carbocycles. The van der Waals surface area contributed by atoms with Crippen LogP contribution in [-0.4, -0.2) is 42.9 Å². The lowest BCUT2D eigenvalue weighted by molar-refractivity contribution is -0.140. The minimum Gasteiger partial charge on any atom is -0.327 e. The molecule has 3 atom stereocenters. The van der Waals surface area contributed by atoms with Crippen LogP contribution in [0.1, 0.15) is 19.3 Å². The van der Waals surface area contributed by atoms with Gasteiger partial charge in [-0.3, -0.25) is 4.90 Å². The summed E-state index contributed by atoms with van der Waals surface area (Å²) in [5.41, 5.74) is 5.94. The molecule has 3 unspecified atom stereocenters. The van der Waals surface area contributed by atoms with Gasteiger partial charge < -0.3 is 5.73 Å². The largest absolute Gasteiger partial charge is 0.327 e. The molecule has 0 spiro atoms. The molecule has 0 aromatic carbocycles. The Morgan fingerprint density at radius 2 is 1.94 bits per heavy atom. The van der Waals surface area contributed by atoms with Crippen molar-refractivity contribution in [1.82, 2.24) is 4.90 Å². The Balaban J connectivity index is 1.93. The third kappa shape index (κ3) is 2.73. The van der Waals surface area contributed by atoms with Crippen LogP contribution >= 0.6 is 0 Å². The fourth-order valence-corrected chi connectivity index (χ4v) is 3.11. The molecule has 0 amide bonds. The highest BCUT2D eigenvalue weighted by atomic mass is 19.3. The Kier molecular flexibility index (Phi) is 3.63. The van der Waals surface area contributed by atoms with Gasteiger partial charge in [0.05, 0.1) is 6.54 Å². The molecule has 100 valence electrons. The lowest BCUT2D eigenvalue weighted by atomic mass is 9.78. The molecule has 1 heterocycles. The number of alkyl halides is 4. The number of hydrogen-bond acceptors (Lipinski definition) is 2. The van der Waals surface area contributed by atoms with E-state index in [-0.39, 0.29) is 12.0 Å². The van der Waals surface area contributed by atoms with Crippen molar-refractivity contribution < 1.29 is 17.6 Å². The summed E-state index contributed by atoms with van der Waals surface area (Å²) in [7, 11) is 0. The zero-order valence-corrected chi connectivity index (χ0v) is 9.59. The van der Waals surface area contributed by atoms with E-state index in [0.29, 0.717) is 19.0 Å². The van der Waals surface area contributed by atoms with Crippen molar-refractivity contribution in [3.8, 4) is 0 Å². The summed E-state index contributed by atoms with van der Waals surface area (Å²) in [5, 5.41) is 0. The van der Waals surface area contributed by atoms with E-state index in [1.165, 1.54) is 4.90 Å². The molecule has 6 heteroatoms. The van der Waals surface area contributed by atoms with E-state index in [0.717, 1.165) is 19.3 Å². The minimum absolute atomic E-state index is 0.0407. The van der Waals surface area contributed by atoms with Gasteiger partial charge in [0.15, 0.2) is 0 Å². The van der Waals surface area contributed by atoms with Gasteiger partial charge in [0.1, 0.15) is 0 Å². The Morgan fingerprint density at radius 3 is 2.53 bits per heavy atom. The van der Waals surface area contributed by atoms with Crippen molar-refractivity contribution in [2.45, 2.75) is 37.7 Å². The van der Waals surface area contributed by atoms with Gasteiger partial charge >= 0.3 is 12.3 Å². The predicted octanol–water partition coefficient (Wildman–Crippen LogP) is 1.95. The average Bonchev–Trinajstić information content (AvgIpc) is 2.60. The van der Waals surface area contributed by atoms with E-state index >= 15 is 0 Å². The van der Waals surface area contributed by atoms with Crippen LogP contribution in [0.5, 0.6) is 0 Å². The fraction of sp³-hybridized carbons (Fsp3) is 1.00. The first kappa shape index (κ1) is 13.1. The SMILES string of the molecule is NC1CCCC2CN(CC(F)(F)C(F)F)CC12. The second-order valence-electron chi connectivity index (χ2n) is 5.27. The van der Waals surface area contributed by atoms with Crippen molar-refractivity contribution in [3.63, 3.8) is 0 Å². The van der Waals surface area contributed by atoms with Gasteiger partial charge in [0.25, 0.3) is 0 Å². The van der Waals surface area contributed by atoms with Gasteiger partial charge in [0, 0.05) is 19.1 Å². The molecule has 2 nitrogen and oxygen atoms in total. The lowest BCUT2D eigenvalue weighted by Crippen LogP contribution is -2.41. The Bertz CT molecular complexity index is 272. The first-order chi connectivity index (χ1) is 7.90. The Labute approximate surface area is 98.1 Å². The fourth-order valence-electron chi connectivity index (χ4n) is 3.11. The van der Waals surface area contributed by atoms with Gasteiger partial charge in [-0.05, 0) is 24.7 Å². The number of likely N-dealkylation sites (tertiary alicyclic amines) is 1. The molecule has 2 N–H and O–H groups in total.